The van der Waals surface area contributed by atoms with Crippen molar-refractivity contribution in [1.82, 2.24) is 19.7 Å². The maximum atomic E-state index is 12.6. The fourth-order valence-electron chi connectivity index (χ4n) is 4.11. The van der Waals surface area contributed by atoms with Crippen LogP contribution in [0.3, 0.4) is 0 Å². The van der Waals surface area contributed by atoms with Crippen LogP contribution in [0.1, 0.15) is 27.2 Å². The predicted octanol–water partition coefficient (Wildman–Crippen LogP) is 2.23. The lowest BCUT2D eigenvalue weighted by Gasteiger charge is -2.20. The van der Waals surface area contributed by atoms with E-state index in [1.807, 2.05) is 49.6 Å². The highest BCUT2D eigenvalue weighted by Gasteiger charge is 2.28. The van der Waals surface area contributed by atoms with E-state index in [1.165, 1.54) is 0 Å². The van der Waals surface area contributed by atoms with Gasteiger partial charge < -0.3 is 10.0 Å². The number of rotatable bonds is 4. The first kappa shape index (κ1) is 19.6. The molecule has 6 nitrogen and oxygen atoms in total. The SMILES string of the molecule is [B]C([B])(O)c1ccc(-c2ccc(CN3Cc4ncccc4C3=O)cc2)c2cn(C)nc12. The Balaban J connectivity index is 1.44. The summed E-state index contributed by atoms with van der Waals surface area (Å²) in [5.74, 6) is 0.0101. The number of fused-ring (bicyclic) bond motifs is 2. The van der Waals surface area contributed by atoms with E-state index in [0.717, 1.165) is 27.8 Å². The molecule has 0 fully saturated rings. The molecule has 1 aliphatic rings. The number of carbonyl (C=O) groups is 1. The van der Waals surface area contributed by atoms with Gasteiger partial charge in [-0.3, -0.25) is 14.5 Å². The molecule has 2 aromatic carbocycles. The molecule has 8 heteroatoms. The Labute approximate surface area is 182 Å². The Morgan fingerprint density at radius 1 is 1.10 bits per heavy atom. The maximum Gasteiger partial charge on any atom is 0.256 e. The van der Waals surface area contributed by atoms with Crippen molar-refractivity contribution in [2.24, 2.45) is 7.05 Å². The van der Waals surface area contributed by atoms with Crippen molar-refractivity contribution < 1.29 is 9.90 Å². The van der Waals surface area contributed by atoms with Gasteiger partial charge in [0.25, 0.3) is 5.91 Å². The van der Waals surface area contributed by atoms with Crippen molar-refractivity contribution in [3.63, 3.8) is 0 Å². The zero-order chi connectivity index (χ0) is 21.8. The van der Waals surface area contributed by atoms with Crippen molar-refractivity contribution in [2.45, 2.75) is 18.5 Å². The summed E-state index contributed by atoms with van der Waals surface area (Å²) in [5, 5.41) is 13.4. The highest BCUT2D eigenvalue weighted by atomic mass is 16.3. The topological polar surface area (TPSA) is 71.2 Å². The molecule has 1 amide bonds. The van der Waals surface area contributed by atoms with Gasteiger partial charge in [0.05, 0.1) is 23.3 Å². The van der Waals surface area contributed by atoms with E-state index < -0.39 is 5.40 Å². The minimum absolute atomic E-state index is 0.0101. The Bertz CT molecular complexity index is 1310. The van der Waals surface area contributed by atoms with Crippen LogP contribution in [0.15, 0.2) is 60.9 Å². The molecule has 1 aliphatic heterocycles. The molecule has 0 atom stereocenters. The lowest BCUT2D eigenvalue weighted by molar-refractivity contribution is 0.0766. The summed E-state index contributed by atoms with van der Waals surface area (Å²) in [7, 11) is 13.2. The number of hydrogen-bond donors (Lipinski definition) is 1. The first-order chi connectivity index (χ1) is 14.8. The third kappa shape index (κ3) is 3.43. The van der Waals surface area contributed by atoms with Crippen LogP contribution in [0.5, 0.6) is 0 Å². The van der Waals surface area contributed by atoms with Crippen LogP contribution in [0, 0.1) is 0 Å². The molecule has 0 spiro atoms. The normalized spacial score (nSPS) is 13.7. The molecule has 0 saturated carbocycles. The fourth-order valence-corrected chi connectivity index (χ4v) is 4.11. The molecule has 2 aromatic heterocycles. The molecule has 31 heavy (non-hydrogen) atoms. The van der Waals surface area contributed by atoms with Crippen molar-refractivity contribution in [3.8, 4) is 11.1 Å². The summed E-state index contributed by atoms with van der Waals surface area (Å²) in [6, 6.07) is 15.2. The van der Waals surface area contributed by atoms with Gasteiger partial charge >= 0.3 is 0 Å². The molecule has 4 aromatic rings. The molecule has 148 valence electrons. The predicted molar refractivity (Wildman–Crippen MR) is 119 cm³/mol. The fraction of sp³-hybridized carbons (Fsp3) is 0.174. The van der Waals surface area contributed by atoms with E-state index in [1.54, 1.807) is 27.9 Å². The van der Waals surface area contributed by atoms with Gasteiger partial charge in [-0.05, 0) is 34.4 Å². The Hall–Kier alpha value is -3.38. The van der Waals surface area contributed by atoms with Crippen LogP contribution in [-0.2, 0) is 25.5 Å². The molecule has 3 heterocycles. The number of nitrogens with zero attached hydrogens (tertiary/aromatic N) is 4. The molecule has 0 saturated heterocycles. The summed E-state index contributed by atoms with van der Waals surface area (Å²) in [4.78, 5) is 18.7. The third-order valence-corrected chi connectivity index (χ3v) is 5.61. The number of aromatic nitrogens is 3. The number of aliphatic hydroxyl groups is 1. The van der Waals surface area contributed by atoms with E-state index in [4.69, 9.17) is 15.7 Å². The van der Waals surface area contributed by atoms with Crippen molar-refractivity contribution in [2.75, 3.05) is 0 Å². The second kappa shape index (κ2) is 7.10. The first-order valence-corrected chi connectivity index (χ1v) is 9.91. The van der Waals surface area contributed by atoms with Crippen molar-refractivity contribution in [3.05, 3.63) is 83.3 Å². The quantitative estimate of drug-likeness (QED) is 0.530. The second-order valence-corrected chi connectivity index (χ2v) is 7.91. The van der Waals surface area contributed by atoms with Crippen LogP contribution in [0.4, 0.5) is 0 Å². The zero-order valence-electron chi connectivity index (χ0n) is 17.0. The summed E-state index contributed by atoms with van der Waals surface area (Å²) < 4.78 is 1.67. The number of pyridine rings is 1. The van der Waals surface area contributed by atoms with Crippen molar-refractivity contribution >= 4 is 32.5 Å². The Kier molecular flexibility index (Phi) is 4.48. The first-order valence-electron chi connectivity index (χ1n) is 9.91. The summed E-state index contributed by atoms with van der Waals surface area (Å²) in [6.45, 7) is 1.04. The maximum absolute atomic E-state index is 12.6. The molecule has 1 N–H and O–H groups in total. The number of benzene rings is 2. The van der Waals surface area contributed by atoms with Gasteiger partial charge in [0, 0.05) is 36.8 Å². The summed E-state index contributed by atoms with van der Waals surface area (Å²) >= 11 is 0. The van der Waals surface area contributed by atoms with Crippen molar-refractivity contribution in [1.29, 1.82) is 0 Å². The van der Waals surface area contributed by atoms with E-state index in [2.05, 4.69) is 10.1 Å². The molecule has 0 aliphatic carbocycles. The van der Waals surface area contributed by atoms with Gasteiger partial charge in [0.2, 0.25) is 0 Å². The minimum atomic E-state index is -1.97. The summed E-state index contributed by atoms with van der Waals surface area (Å²) in [6.07, 6.45) is 3.59. The van der Waals surface area contributed by atoms with Crippen LogP contribution in [0.2, 0.25) is 0 Å². The largest absolute Gasteiger partial charge is 0.405 e. The standard InChI is InChI=1S/C23H18B2N4O2/c1-28-12-18-16(8-9-19(21(18)27-28)23(24,25)31)15-6-4-14(5-7-15)11-29-13-20-17(22(29)30)3-2-10-26-20/h2-10,12,31H,11,13H2,1H3. The average molecular weight is 404 g/mol. The molecule has 4 radical (unpaired) electrons. The van der Waals surface area contributed by atoms with Crippen LogP contribution < -0.4 is 0 Å². The number of aryl methyl sites for hydroxylation is 1. The van der Waals surface area contributed by atoms with Gasteiger partial charge in [-0.15, -0.1) is 0 Å². The lowest BCUT2D eigenvalue weighted by Crippen LogP contribution is -2.26. The van der Waals surface area contributed by atoms with Gasteiger partial charge in [-0.25, -0.2) is 0 Å². The summed E-state index contributed by atoms with van der Waals surface area (Å²) in [5.41, 5.74) is 5.40. The zero-order valence-corrected chi connectivity index (χ0v) is 17.0. The minimum Gasteiger partial charge on any atom is -0.405 e. The molecule has 5 rings (SSSR count). The van der Waals surface area contributed by atoms with Gasteiger partial charge in [-0.1, -0.05) is 36.4 Å². The molecular formula is C23H18B2N4O2. The Morgan fingerprint density at radius 3 is 2.58 bits per heavy atom. The van der Waals surface area contributed by atoms with Gasteiger partial charge in [-0.2, -0.15) is 5.10 Å². The van der Waals surface area contributed by atoms with Gasteiger partial charge in [0.15, 0.2) is 0 Å². The van der Waals surface area contributed by atoms with Crippen LogP contribution >= 0.6 is 0 Å². The highest BCUT2D eigenvalue weighted by molar-refractivity contribution is 6.39. The monoisotopic (exact) mass is 404 g/mol. The van der Waals surface area contributed by atoms with E-state index in [9.17, 15) is 9.90 Å². The second-order valence-electron chi connectivity index (χ2n) is 7.91. The number of hydrogen-bond acceptors (Lipinski definition) is 4. The van der Waals surface area contributed by atoms with Crippen LogP contribution in [-0.4, -0.2) is 46.4 Å². The van der Waals surface area contributed by atoms with E-state index in [0.29, 0.717) is 29.7 Å². The molecule has 0 unspecified atom stereocenters. The van der Waals surface area contributed by atoms with Crippen LogP contribution in [0.25, 0.3) is 22.0 Å². The third-order valence-electron chi connectivity index (χ3n) is 5.61. The number of amides is 1. The van der Waals surface area contributed by atoms with E-state index in [-0.39, 0.29) is 5.91 Å². The molecular weight excluding hydrogens is 386 g/mol. The Morgan fingerprint density at radius 2 is 1.87 bits per heavy atom. The smallest absolute Gasteiger partial charge is 0.256 e. The molecule has 0 bridgehead atoms. The highest BCUT2D eigenvalue weighted by Crippen LogP contribution is 2.33. The average Bonchev–Trinajstić information content (AvgIpc) is 3.27. The number of carbonyl (C=O) groups excluding carboxylic acids is 1. The lowest BCUT2D eigenvalue weighted by atomic mass is 9.61. The van der Waals surface area contributed by atoms with Gasteiger partial charge in [0.1, 0.15) is 15.7 Å². The van der Waals surface area contributed by atoms with E-state index >= 15 is 0 Å².